The third-order valence-electron chi connectivity index (χ3n) is 4.59. The molecule has 1 aromatic heterocycles. The lowest BCUT2D eigenvalue weighted by Gasteiger charge is -2.09. The number of hydrogen-bond acceptors (Lipinski definition) is 4. The minimum absolute atomic E-state index is 0.0271. The molecular formula is C25H24N4O2. The fourth-order valence-electron chi connectivity index (χ4n) is 3.12. The van der Waals surface area contributed by atoms with E-state index in [1.54, 1.807) is 16.8 Å². The van der Waals surface area contributed by atoms with Crippen LogP contribution in [0.15, 0.2) is 73.0 Å². The van der Waals surface area contributed by atoms with Crippen LogP contribution in [-0.4, -0.2) is 28.8 Å². The van der Waals surface area contributed by atoms with Crippen molar-refractivity contribution in [3.63, 3.8) is 0 Å². The predicted octanol–water partition coefficient (Wildman–Crippen LogP) is 4.46. The summed E-state index contributed by atoms with van der Waals surface area (Å²) < 4.78 is 7.37. The van der Waals surface area contributed by atoms with Crippen molar-refractivity contribution in [1.29, 1.82) is 5.26 Å². The summed E-state index contributed by atoms with van der Waals surface area (Å²) in [5.41, 5.74) is 4.11. The molecule has 6 heteroatoms. The van der Waals surface area contributed by atoms with Crippen LogP contribution in [-0.2, 0) is 4.79 Å². The molecule has 0 unspecified atom stereocenters. The van der Waals surface area contributed by atoms with Crippen molar-refractivity contribution in [2.24, 2.45) is 0 Å². The standard InChI is InChI=1S/C25H24N4O2/c1-4-13-31-22-11-12-23(18(3)14-22)24-20(15-19(16-26)25(30)27-5-2)17-29(28-24)21-9-7-6-8-10-21/h4,6-12,14-15,17H,1,5,13H2,2-3H3,(H,27,30). The van der Waals surface area contributed by atoms with Crippen molar-refractivity contribution in [2.75, 3.05) is 13.2 Å². The van der Waals surface area contributed by atoms with Gasteiger partial charge in [0.05, 0.1) is 5.69 Å². The number of carbonyl (C=O) groups excluding carboxylic acids is 1. The van der Waals surface area contributed by atoms with Gasteiger partial charge in [-0.25, -0.2) is 4.68 Å². The number of aryl methyl sites for hydroxylation is 1. The Hall–Kier alpha value is -4.11. The molecule has 3 aromatic rings. The van der Waals surface area contributed by atoms with Gasteiger partial charge in [0.1, 0.15) is 29.7 Å². The fourth-order valence-corrected chi connectivity index (χ4v) is 3.12. The highest BCUT2D eigenvalue weighted by Crippen LogP contribution is 2.30. The van der Waals surface area contributed by atoms with Crippen LogP contribution < -0.4 is 10.1 Å². The third-order valence-corrected chi connectivity index (χ3v) is 4.59. The largest absolute Gasteiger partial charge is 0.490 e. The molecule has 0 aliphatic carbocycles. The summed E-state index contributed by atoms with van der Waals surface area (Å²) in [6.07, 6.45) is 5.09. The molecule has 0 spiro atoms. The van der Waals surface area contributed by atoms with E-state index in [4.69, 9.17) is 9.84 Å². The number of carbonyl (C=O) groups is 1. The molecule has 156 valence electrons. The molecular weight excluding hydrogens is 388 g/mol. The van der Waals surface area contributed by atoms with Gasteiger partial charge in [0, 0.05) is 23.9 Å². The van der Waals surface area contributed by atoms with Gasteiger partial charge in [0.2, 0.25) is 0 Å². The number of amides is 1. The van der Waals surface area contributed by atoms with E-state index in [1.165, 1.54) is 0 Å². The Balaban J connectivity index is 2.12. The second-order valence-electron chi connectivity index (χ2n) is 6.82. The smallest absolute Gasteiger partial charge is 0.261 e. The molecule has 0 bridgehead atoms. The molecule has 0 aliphatic heterocycles. The number of aromatic nitrogens is 2. The maximum absolute atomic E-state index is 12.3. The minimum atomic E-state index is -0.409. The molecule has 0 saturated carbocycles. The first-order valence-corrected chi connectivity index (χ1v) is 9.97. The highest BCUT2D eigenvalue weighted by molar-refractivity contribution is 6.02. The quantitative estimate of drug-likeness (QED) is 0.337. The number of nitrogens with zero attached hydrogens (tertiary/aromatic N) is 3. The van der Waals surface area contributed by atoms with Gasteiger partial charge in [-0.15, -0.1) is 0 Å². The molecule has 3 rings (SSSR count). The Morgan fingerprint density at radius 3 is 2.71 bits per heavy atom. The average molecular weight is 412 g/mol. The number of likely N-dealkylation sites (N-methyl/N-ethyl adjacent to an activating group) is 1. The van der Waals surface area contributed by atoms with Crippen molar-refractivity contribution < 1.29 is 9.53 Å². The zero-order valence-electron chi connectivity index (χ0n) is 17.6. The van der Waals surface area contributed by atoms with Gasteiger partial charge >= 0.3 is 0 Å². The topological polar surface area (TPSA) is 79.9 Å². The van der Waals surface area contributed by atoms with E-state index in [2.05, 4.69) is 11.9 Å². The summed E-state index contributed by atoms with van der Waals surface area (Å²) in [7, 11) is 0. The highest BCUT2D eigenvalue weighted by Gasteiger charge is 2.16. The average Bonchev–Trinajstić information content (AvgIpc) is 3.20. The predicted molar refractivity (Wildman–Crippen MR) is 122 cm³/mol. The van der Waals surface area contributed by atoms with E-state index in [0.717, 1.165) is 22.6 Å². The van der Waals surface area contributed by atoms with Crippen LogP contribution >= 0.6 is 0 Å². The van der Waals surface area contributed by atoms with Gasteiger partial charge in [-0.1, -0.05) is 30.9 Å². The minimum Gasteiger partial charge on any atom is -0.490 e. The number of nitrogens with one attached hydrogen (secondary N) is 1. The summed E-state index contributed by atoms with van der Waals surface area (Å²) in [5, 5.41) is 17.0. The van der Waals surface area contributed by atoms with Crippen molar-refractivity contribution in [2.45, 2.75) is 13.8 Å². The van der Waals surface area contributed by atoms with Gasteiger partial charge < -0.3 is 10.1 Å². The van der Waals surface area contributed by atoms with Crippen LogP contribution in [0, 0.1) is 18.3 Å². The molecule has 0 aliphatic rings. The molecule has 0 saturated heterocycles. The van der Waals surface area contributed by atoms with E-state index in [0.29, 0.717) is 24.4 Å². The zero-order valence-corrected chi connectivity index (χ0v) is 17.6. The Bertz CT molecular complexity index is 1150. The van der Waals surface area contributed by atoms with Crippen LogP contribution in [0.25, 0.3) is 23.0 Å². The molecule has 1 heterocycles. The van der Waals surface area contributed by atoms with Crippen molar-refractivity contribution in [3.8, 4) is 28.8 Å². The summed E-state index contributed by atoms with van der Waals surface area (Å²) in [5.74, 6) is 0.328. The van der Waals surface area contributed by atoms with Crippen molar-refractivity contribution >= 4 is 12.0 Å². The summed E-state index contributed by atoms with van der Waals surface area (Å²) in [6.45, 7) is 8.32. The molecule has 6 nitrogen and oxygen atoms in total. The maximum atomic E-state index is 12.3. The number of para-hydroxylation sites is 1. The van der Waals surface area contributed by atoms with Crippen molar-refractivity contribution in [1.82, 2.24) is 15.1 Å². The lowest BCUT2D eigenvalue weighted by atomic mass is 10.0. The normalized spacial score (nSPS) is 10.9. The van der Waals surface area contributed by atoms with E-state index < -0.39 is 5.91 Å². The van der Waals surface area contributed by atoms with Gasteiger partial charge in [0.15, 0.2) is 0 Å². The molecule has 31 heavy (non-hydrogen) atoms. The van der Waals surface area contributed by atoms with E-state index >= 15 is 0 Å². The lowest BCUT2D eigenvalue weighted by molar-refractivity contribution is -0.116. The lowest BCUT2D eigenvalue weighted by Crippen LogP contribution is -2.23. The van der Waals surface area contributed by atoms with Gasteiger partial charge in [-0.05, 0) is 55.8 Å². The molecule has 2 aromatic carbocycles. The summed E-state index contributed by atoms with van der Waals surface area (Å²) in [6, 6.07) is 17.4. The second-order valence-corrected chi connectivity index (χ2v) is 6.82. The highest BCUT2D eigenvalue weighted by atomic mass is 16.5. The Morgan fingerprint density at radius 2 is 2.06 bits per heavy atom. The molecule has 1 amide bonds. The van der Waals surface area contributed by atoms with Crippen LogP contribution in [0.4, 0.5) is 0 Å². The second kappa shape index (κ2) is 10.1. The third kappa shape index (κ3) is 5.09. The van der Waals surface area contributed by atoms with Crippen LogP contribution in [0.2, 0.25) is 0 Å². The molecule has 0 atom stereocenters. The zero-order chi connectivity index (χ0) is 22.2. The molecule has 0 radical (unpaired) electrons. The molecule has 1 N–H and O–H groups in total. The fraction of sp³-hybridized carbons (Fsp3) is 0.160. The van der Waals surface area contributed by atoms with Gasteiger partial charge in [-0.2, -0.15) is 10.4 Å². The van der Waals surface area contributed by atoms with Crippen LogP contribution in [0.1, 0.15) is 18.1 Å². The summed E-state index contributed by atoms with van der Waals surface area (Å²) >= 11 is 0. The number of benzene rings is 2. The molecule has 0 fully saturated rings. The summed E-state index contributed by atoms with van der Waals surface area (Å²) in [4.78, 5) is 12.3. The maximum Gasteiger partial charge on any atom is 0.261 e. The van der Waals surface area contributed by atoms with Gasteiger partial charge in [0.25, 0.3) is 5.91 Å². The first kappa shape index (κ1) is 21.6. The van der Waals surface area contributed by atoms with E-state index in [9.17, 15) is 10.1 Å². The Labute approximate surface area is 182 Å². The van der Waals surface area contributed by atoms with Crippen LogP contribution in [0.5, 0.6) is 5.75 Å². The SMILES string of the molecule is C=CCOc1ccc(-c2nn(-c3ccccc3)cc2C=C(C#N)C(=O)NCC)c(C)c1. The number of rotatable bonds is 8. The van der Waals surface area contributed by atoms with Crippen molar-refractivity contribution in [3.05, 3.63) is 84.1 Å². The first-order valence-electron chi connectivity index (χ1n) is 9.97. The van der Waals surface area contributed by atoms with Gasteiger partial charge in [-0.3, -0.25) is 4.79 Å². The Kier molecular flexibility index (Phi) is 7.02. The number of hydrogen-bond donors (Lipinski definition) is 1. The number of ether oxygens (including phenoxy) is 1. The Morgan fingerprint density at radius 1 is 1.29 bits per heavy atom. The first-order chi connectivity index (χ1) is 15.1. The monoisotopic (exact) mass is 412 g/mol. The van der Waals surface area contributed by atoms with E-state index in [-0.39, 0.29) is 5.57 Å². The van der Waals surface area contributed by atoms with E-state index in [1.807, 2.05) is 74.6 Å². The number of nitriles is 1. The van der Waals surface area contributed by atoms with Crippen LogP contribution in [0.3, 0.4) is 0 Å².